The van der Waals surface area contributed by atoms with Gasteiger partial charge >= 0.3 is 0 Å². The Hall–Kier alpha value is -1.56. The van der Waals surface area contributed by atoms with Crippen LogP contribution in [0.4, 0.5) is 0 Å². The van der Waals surface area contributed by atoms with Crippen molar-refractivity contribution in [2.45, 2.75) is 33.1 Å². The van der Waals surface area contributed by atoms with Crippen molar-refractivity contribution >= 4 is 0 Å². The van der Waals surface area contributed by atoms with Crippen LogP contribution in [0.5, 0.6) is 0 Å². The molecule has 0 amide bonds. The summed E-state index contributed by atoms with van der Waals surface area (Å²) in [5.74, 6) is 4.84. The highest BCUT2D eigenvalue weighted by atomic mass is 14.6. The van der Waals surface area contributed by atoms with Crippen molar-refractivity contribution in [3.8, 4) is 0 Å². The SMILES string of the molecule is CC1(C)[C](c2ccccc2)C2CCCC2[C]1c1ccccc1. The van der Waals surface area contributed by atoms with Crippen molar-refractivity contribution in [1.29, 1.82) is 0 Å². The lowest BCUT2D eigenvalue weighted by molar-refractivity contribution is 0.436. The Kier molecular flexibility index (Phi) is 3.36. The molecule has 0 aliphatic heterocycles. The lowest BCUT2D eigenvalue weighted by Crippen LogP contribution is -2.26. The highest BCUT2D eigenvalue weighted by Crippen LogP contribution is 2.65. The third-order valence-electron chi connectivity index (χ3n) is 5.77. The molecule has 2 aliphatic rings. The Bertz CT molecular complexity index is 570. The van der Waals surface area contributed by atoms with Gasteiger partial charge in [0.05, 0.1) is 0 Å². The fourth-order valence-electron chi connectivity index (χ4n) is 5.11. The molecule has 2 fully saturated rings. The molecular formula is C22H24. The van der Waals surface area contributed by atoms with E-state index in [1.165, 1.54) is 30.4 Å². The Balaban J connectivity index is 1.81. The zero-order valence-corrected chi connectivity index (χ0v) is 13.5. The molecule has 0 bridgehead atoms. The summed E-state index contributed by atoms with van der Waals surface area (Å²) in [6.45, 7) is 4.88. The molecular weight excluding hydrogens is 264 g/mol. The minimum atomic E-state index is 0.165. The van der Waals surface area contributed by atoms with E-state index in [1.807, 2.05) is 0 Å². The molecule has 0 nitrogen and oxygen atoms in total. The molecule has 0 N–H and O–H groups in total. The smallest absolute Gasteiger partial charge is 0.0149 e. The number of rotatable bonds is 2. The molecule has 2 aliphatic carbocycles. The zero-order chi connectivity index (χ0) is 15.2. The van der Waals surface area contributed by atoms with Gasteiger partial charge in [-0.2, -0.15) is 0 Å². The van der Waals surface area contributed by atoms with Gasteiger partial charge in [-0.05, 0) is 41.2 Å². The molecule has 2 atom stereocenters. The highest BCUT2D eigenvalue weighted by molar-refractivity contribution is 5.52. The summed E-state index contributed by atoms with van der Waals surface area (Å²) >= 11 is 0. The van der Waals surface area contributed by atoms with Crippen LogP contribution < -0.4 is 0 Å². The van der Waals surface area contributed by atoms with E-state index < -0.39 is 0 Å². The Labute approximate surface area is 134 Å². The molecule has 2 radical (unpaired) electrons. The summed E-state index contributed by atoms with van der Waals surface area (Å²) < 4.78 is 0. The van der Waals surface area contributed by atoms with Crippen LogP contribution in [0.2, 0.25) is 0 Å². The molecule has 112 valence electrons. The van der Waals surface area contributed by atoms with E-state index >= 15 is 0 Å². The van der Waals surface area contributed by atoms with Crippen molar-refractivity contribution in [2.24, 2.45) is 17.3 Å². The van der Waals surface area contributed by atoms with Crippen LogP contribution in [0.15, 0.2) is 60.7 Å². The van der Waals surface area contributed by atoms with Crippen molar-refractivity contribution in [2.75, 3.05) is 0 Å². The molecule has 2 unspecified atom stereocenters. The van der Waals surface area contributed by atoms with Crippen LogP contribution in [0.1, 0.15) is 44.2 Å². The monoisotopic (exact) mass is 288 g/mol. The number of benzene rings is 2. The number of hydrogen-bond acceptors (Lipinski definition) is 0. The first-order chi connectivity index (χ1) is 10.7. The second-order valence-corrected chi connectivity index (χ2v) is 7.33. The average molecular weight is 288 g/mol. The highest BCUT2D eigenvalue weighted by Gasteiger charge is 2.57. The summed E-state index contributed by atoms with van der Waals surface area (Å²) in [6.07, 6.45) is 4.08. The minimum Gasteiger partial charge on any atom is -0.0622 e. The van der Waals surface area contributed by atoms with Crippen LogP contribution in [0.25, 0.3) is 0 Å². The van der Waals surface area contributed by atoms with Crippen molar-refractivity contribution in [1.82, 2.24) is 0 Å². The summed E-state index contributed by atoms with van der Waals surface area (Å²) in [5, 5.41) is 0. The lowest BCUT2D eigenvalue weighted by atomic mass is 9.68. The topological polar surface area (TPSA) is 0 Å². The van der Waals surface area contributed by atoms with Crippen LogP contribution in [-0.4, -0.2) is 0 Å². The predicted molar refractivity (Wildman–Crippen MR) is 92.2 cm³/mol. The van der Waals surface area contributed by atoms with Gasteiger partial charge in [0.1, 0.15) is 0 Å². The Morgan fingerprint density at radius 1 is 0.682 bits per heavy atom. The van der Waals surface area contributed by atoms with E-state index in [1.54, 1.807) is 11.8 Å². The fraction of sp³-hybridized carbons (Fsp3) is 0.364. The van der Waals surface area contributed by atoms with Crippen molar-refractivity contribution in [3.05, 3.63) is 83.6 Å². The standard InChI is InChI=1S/C22H24/c1-22(2)20(16-10-5-3-6-11-16)18-14-9-15-19(18)21(22)17-12-7-4-8-13-17/h3-8,10-13,18-19H,9,14-15H2,1-2H3. The third kappa shape index (κ3) is 2.04. The molecule has 0 saturated heterocycles. The molecule has 4 rings (SSSR count). The predicted octanol–water partition coefficient (Wildman–Crippen LogP) is 5.69. The quantitative estimate of drug-likeness (QED) is 0.666. The van der Waals surface area contributed by atoms with Gasteiger partial charge in [-0.3, -0.25) is 0 Å². The Morgan fingerprint density at radius 3 is 1.50 bits per heavy atom. The van der Waals surface area contributed by atoms with Crippen molar-refractivity contribution in [3.63, 3.8) is 0 Å². The zero-order valence-electron chi connectivity index (χ0n) is 13.5. The van der Waals surface area contributed by atoms with Gasteiger partial charge in [0.25, 0.3) is 0 Å². The normalized spacial score (nSPS) is 27.9. The van der Waals surface area contributed by atoms with E-state index in [4.69, 9.17) is 0 Å². The molecule has 2 aromatic rings. The molecule has 22 heavy (non-hydrogen) atoms. The third-order valence-corrected chi connectivity index (χ3v) is 5.77. The maximum Gasteiger partial charge on any atom is 0.0149 e. The number of fused-ring (bicyclic) bond motifs is 1. The maximum absolute atomic E-state index is 2.44. The first-order valence-corrected chi connectivity index (χ1v) is 8.55. The van der Waals surface area contributed by atoms with Gasteiger partial charge in [-0.25, -0.2) is 0 Å². The van der Waals surface area contributed by atoms with Gasteiger partial charge < -0.3 is 0 Å². The molecule has 0 aromatic heterocycles. The molecule has 2 saturated carbocycles. The second kappa shape index (κ2) is 5.26. The van der Waals surface area contributed by atoms with Crippen LogP contribution in [0.3, 0.4) is 0 Å². The van der Waals surface area contributed by atoms with Gasteiger partial charge in [-0.1, -0.05) is 80.9 Å². The van der Waals surface area contributed by atoms with E-state index in [9.17, 15) is 0 Å². The molecule has 0 spiro atoms. The molecule has 0 heterocycles. The second-order valence-electron chi connectivity index (χ2n) is 7.33. The summed E-state index contributed by atoms with van der Waals surface area (Å²) in [7, 11) is 0. The van der Waals surface area contributed by atoms with Gasteiger partial charge in [-0.15, -0.1) is 0 Å². The fourth-order valence-corrected chi connectivity index (χ4v) is 5.11. The van der Waals surface area contributed by atoms with Gasteiger partial charge in [0, 0.05) is 11.8 Å². The van der Waals surface area contributed by atoms with Crippen LogP contribution >= 0.6 is 0 Å². The molecule has 2 aromatic carbocycles. The largest absolute Gasteiger partial charge is 0.0622 e. The first-order valence-electron chi connectivity index (χ1n) is 8.55. The first kappa shape index (κ1) is 14.1. The summed E-state index contributed by atoms with van der Waals surface area (Å²) in [6, 6.07) is 22.2. The minimum absolute atomic E-state index is 0.165. The van der Waals surface area contributed by atoms with Crippen LogP contribution in [0, 0.1) is 29.1 Å². The van der Waals surface area contributed by atoms with Gasteiger partial charge in [0.15, 0.2) is 0 Å². The lowest BCUT2D eigenvalue weighted by Gasteiger charge is -2.35. The van der Waals surface area contributed by atoms with E-state index in [0.717, 1.165) is 11.8 Å². The number of hydrogen-bond donors (Lipinski definition) is 0. The van der Waals surface area contributed by atoms with Gasteiger partial charge in [0.2, 0.25) is 0 Å². The maximum atomic E-state index is 2.44. The van der Waals surface area contributed by atoms with Crippen molar-refractivity contribution < 1.29 is 0 Å². The van der Waals surface area contributed by atoms with E-state index in [0.29, 0.717) is 0 Å². The summed E-state index contributed by atoms with van der Waals surface area (Å²) in [5.41, 5.74) is 3.07. The molecule has 0 heteroatoms. The average Bonchev–Trinajstić information content (AvgIpc) is 3.05. The van der Waals surface area contributed by atoms with Crippen LogP contribution in [-0.2, 0) is 0 Å². The summed E-state index contributed by atoms with van der Waals surface area (Å²) in [4.78, 5) is 0. The van der Waals surface area contributed by atoms with E-state index in [2.05, 4.69) is 74.5 Å². The van der Waals surface area contributed by atoms with E-state index in [-0.39, 0.29) is 5.41 Å². The Morgan fingerprint density at radius 2 is 1.09 bits per heavy atom.